The Morgan fingerprint density at radius 2 is 1.73 bits per heavy atom. The summed E-state index contributed by atoms with van der Waals surface area (Å²) in [6, 6.07) is 0. The van der Waals surface area contributed by atoms with Crippen molar-refractivity contribution in [2.45, 2.75) is 65.3 Å². The molecule has 0 saturated heterocycles. The van der Waals surface area contributed by atoms with E-state index in [0.29, 0.717) is 25.9 Å². The van der Waals surface area contributed by atoms with Gasteiger partial charge in [0.05, 0.1) is 6.54 Å². The predicted octanol–water partition coefficient (Wildman–Crippen LogP) is 2.22. The third-order valence-electron chi connectivity index (χ3n) is 2.63. The molecule has 130 valence electrons. The van der Waals surface area contributed by atoms with Crippen LogP contribution in [0.3, 0.4) is 0 Å². The van der Waals surface area contributed by atoms with E-state index in [9.17, 15) is 14.7 Å². The van der Waals surface area contributed by atoms with Gasteiger partial charge in [-0.3, -0.25) is 9.69 Å². The van der Waals surface area contributed by atoms with Crippen LogP contribution in [-0.2, 0) is 14.3 Å². The summed E-state index contributed by atoms with van der Waals surface area (Å²) in [6.07, 6.45) is 0.850. The molecule has 1 amide bonds. The highest BCUT2D eigenvalue weighted by molar-refractivity contribution is 5.77. The van der Waals surface area contributed by atoms with Crippen LogP contribution in [0.5, 0.6) is 0 Å². The number of carboxylic acids is 1. The van der Waals surface area contributed by atoms with E-state index in [1.807, 2.05) is 13.8 Å². The van der Waals surface area contributed by atoms with Crippen LogP contribution in [0.15, 0.2) is 0 Å². The van der Waals surface area contributed by atoms with Crippen LogP contribution in [0, 0.1) is 0 Å². The monoisotopic (exact) mass is 319 g/mol. The Bertz CT molecular complexity index is 366. The first kappa shape index (κ1) is 20.7. The zero-order chi connectivity index (χ0) is 17.4. The maximum Gasteiger partial charge on any atom is 0.411 e. The molecule has 1 atom stereocenters. The van der Waals surface area contributed by atoms with E-state index in [1.54, 1.807) is 20.8 Å². The second-order valence-corrected chi connectivity index (χ2v) is 6.27. The summed E-state index contributed by atoms with van der Waals surface area (Å²) in [6.45, 7) is 8.36. The van der Waals surface area contributed by atoms with Crippen LogP contribution < -0.4 is 0 Å². The van der Waals surface area contributed by atoms with Crippen LogP contribution in [0.25, 0.3) is 0 Å². The van der Waals surface area contributed by atoms with Gasteiger partial charge in [-0.25, -0.2) is 4.79 Å². The Kier molecular flexibility index (Phi) is 8.40. The largest absolute Gasteiger partial charge is 0.480 e. The number of aliphatic carboxylic acids is 1. The number of carbonyl (C=O) groups is 2. The van der Waals surface area contributed by atoms with E-state index < -0.39 is 30.0 Å². The standard InChI is InChI=1S/C15H29NO6/c1-6-8-15(20,21-9-7-2)11-16(10-12(17)18)13(19)22-14(3,4)5/h20H,6-11H2,1-5H3,(H,17,18). The summed E-state index contributed by atoms with van der Waals surface area (Å²) in [5.41, 5.74) is -0.749. The van der Waals surface area contributed by atoms with Gasteiger partial charge in [0.1, 0.15) is 12.1 Å². The maximum atomic E-state index is 12.1. The Morgan fingerprint density at radius 1 is 1.14 bits per heavy atom. The van der Waals surface area contributed by atoms with E-state index in [0.717, 1.165) is 4.90 Å². The van der Waals surface area contributed by atoms with Crippen molar-refractivity contribution in [3.63, 3.8) is 0 Å². The molecule has 0 saturated carbocycles. The Hall–Kier alpha value is -1.34. The van der Waals surface area contributed by atoms with Crippen molar-refractivity contribution in [3.05, 3.63) is 0 Å². The van der Waals surface area contributed by atoms with E-state index in [-0.39, 0.29) is 6.54 Å². The van der Waals surface area contributed by atoms with Crippen LogP contribution >= 0.6 is 0 Å². The minimum absolute atomic E-state index is 0.248. The topological polar surface area (TPSA) is 96.3 Å². The molecule has 1 unspecified atom stereocenters. The summed E-state index contributed by atoms with van der Waals surface area (Å²) in [5.74, 6) is -2.75. The normalized spacial score (nSPS) is 14.3. The number of amides is 1. The zero-order valence-corrected chi connectivity index (χ0v) is 14.2. The Balaban J connectivity index is 5.06. The summed E-state index contributed by atoms with van der Waals surface area (Å²) in [4.78, 5) is 24.0. The number of rotatable bonds is 9. The van der Waals surface area contributed by atoms with Gasteiger partial charge in [-0.05, 0) is 27.2 Å². The second-order valence-electron chi connectivity index (χ2n) is 6.27. The average molecular weight is 319 g/mol. The van der Waals surface area contributed by atoms with E-state index in [4.69, 9.17) is 14.6 Å². The molecule has 7 heteroatoms. The fourth-order valence-corrected chi connectivity index (χ4v) is 1.85. The molecule has 0 fully saturated rings. The highest BCUT2D eigenvalue weighted by Crippen LogP contribution is 2.19. The van der Waals surface area contributed by atoms with Gasteiger partial charge in [-0.15, -0.1) is 0 Å². The molecule has 7 nitrogen and oxygen atoms in total. The molecule has 0 radical (unpaired) electrons. The first-order valence-electron chi connectivity index (χ1n) is 7.59. The number of carboxylic acid groups (broad SMARTS) is 1. The third kappa shape index (κ3) is 8.84. The number of ether oxygens (including phenoxy) is 2. The van der Waals surface area contributed by atoms with Crippen molar-refractivity contribution in [1.29, 1.82) is 0 Å². The van der Waals surface area contributed by atoms with Crippen LogP contribution in [0.2, 0.25) is 0 Å². The van der Waals surface area contributed by atoms with E-state index >= 15 is 0 Å². The van der Waals surface area contributed by atoms with Crippen LogP contribution in [0.1, 0.15) is 53.9 Å². The molecule has 0 aromatic heterocycles. The maximum absolute atomic E-state index is 12.1. The number of hydrogen-bond acceptors (Lipinski definition) is 5. The second kappa shape index (κ2) is 8.95. The van der Waals surface area contributed by atoms with Crippen molar-refractivity contribution < 1.29 is 29.3 Å². The molecule has 0 rings (SSSR count). The van der Waals surface area contributed by atoms with Crippen molar-refractivity contribution in [3.8, 4) is 0 Å². The zero-order valence-electron chi connectivity index (χ0n) is 14.2. The number of carbonyl (C=O) groups excluding carboxylic acids is 1. The predicted molar refractivity (Wildman–Crippen MR) is 81.5 cm³/mol. The van der Waals surface area contributed by atoms with E-state index in [2.05, 4.69) is 0 Å². The van der Waals surface area contributed by atoms with Gasteiger partial charge in [0.2, 0.25) is 0 Å². The molecule has 2 N–H and O–H groups in total. The molecule has 0 heterocycles. The fourth-order valence-electron chi connectivity index (χ4n) is 1.85. The number of aliphatic hydroxyl groups is 1. The highest BCUT2D eigenvalue weighted by Gasteiger charge is 2.34. The molecule has 0 aliphatic heterocycles. The van der Waals surface area contributed by atoms with Gasteiger partial charge >= 0.3 is 12.1 Å². The minimum atomic E-state index is -1.57. The highest BCUT2D eigenvalue weighted by atomic mass is 16.6. The summed E-state index contributed by atoms with van der Waals surface area (Å²) >= 11 is 0. The molecule has 0 bridgehead atoms. The summed E-state index contributed by atoms with van der Waals surface area (Å²) in [7, 11) is 0. The summed E-state index contributed by atoms with van der Waals surface area (Å²) < 4.78 is 10.6. The lowest BCUT2D eigenvalue weighted by atomic mass is 10.1. The molecule has 0 aromatic rings. The van der Waals surface area contributed by atoms with Gasteiger partial charge in [-0.1, -0.05) is 20.3 Å². The third-order valence-corrected chi connectivity index (χ3v) is 2.63. The quantitative estimate of drug-likeness (QED) is 0.633. The number of nitrogens with zero attached hydrogens (tertiary/aromatic N) is 1. The summed E-state index contributed by atoms with van der Waals surface area (Å²) in [5, 5.41) is 19.5. The van der Waals surface area contributed by atoms with Gasteiger partial charge in [-0.2, -0.15) is 0 Å². The lowest BCUT2D eigenvalue weighted by molar-refractivity contribution is -0.216. The molecule has 0 spiro atoms. The average Bonchev–Trinajstić information content (AvgIpc) is 2.33. The number of hydrogen-bond donors (Lipinski definition) is 2. The van der Waals surface area contributed by atoms with Gasteiger partial charge < -0.3 is 19.7 Å². The Labute approximate surface area is 132 Å². The van der Waals surface area contributed by atoms with Gasteiger partial charge in [0.15, 0.2) is 5.79 Å². The molecule has 22 heavy (non-hydrogen) atoms. The molecule has 0 aliphatic rings. The molecule has 0 aliphatic carbocycles. The lowest BCUT2D eigenvalue weighted by Gasteiger charge is -2.34. The molecular formula is C15H29NO6. The van der Waals surface area contributed by atoms with Crippen LogP contribution in [-0.4, -0.2) is 58.3 Å². The van der Waals surface area contributed by atoms with E-state index in [1.165, 1.54) is 0 Å². The molecule has 0 aromatic carbocycles. The van der Waals surface area contributed by atoms with Gasteiger partial charge in [0.25, 0.3) is 0 Å². The van der Waals surface area contributed by atoms with Crippen molar-refractivity contribution in [2.24, 2.45) is 0 Å². The van der Waals surface area contributed by atoms with Gasteiger partial charge in [0, 0.05) is 13.0 Å². The fraction of sp³-hybridized carbons (Fsp3) is 0.867. The smallest absolute Gasteiger partial charge is 0.411 e. The first-order chi connectivity index (χ1) is 10.0. The van der Waals surface area contributed by atoms with Crippen molar-refractivity contribution >= 4 is 12.1 Å². The first-order valence-corrected chi connectivity index (χ1v) is 7.59. The Morgan fingerprint density at radius 3 is 2.14 bits per heavy atom. The minimum Gasteiger partial charge on any atom is -0.480 e. The van der Waals surface area contributed by atoms with Crippen LogP contribution in [0.4, 0.5) is 4.79 Å². The van der Waals surface area contributed by atoms with Crippen molar-refractivity contribution in [1.82, 2.24) is 4.90 Å². The van der Waals surface area contributed by atoms with Crippen molar-refractivity contribution in [2.75, 3.05) is 19.7 Å². The molecular weight excluding hydrogens is 290 g/mol. The lowest BCUT2D eigenvalue weighted by Crippen LogP contribution is -2.50. The SMILES string of the molecule is CCCOC(O)(CCC)CN(CC(=O)O)C(=O)OC(C)(C)C.